The molecule has 0 aliphatic carbocycles. The number of nitrogens with one attached hydrogen (secondary N) is 1. The smallest absolute Gasteiger partial charge is 0.408 e. The number of esters is 1. The number of carbonyl (C=O) groups is 3. The average Bonchev–Trinajstić information content (AvgIpc) is 3.00. The van der Waals surface area contributed by atoms with Crippen LogP contribution in [0.3, 0.4) is 0 Å². The third kappa shape index (κ3) is 8.14. The maximum atomic E-state index is 13.2. The molecular weight excluding hydrogens is 550 g/mol. The molecule has 8 nitrogen and oxygen atoms in total. The first-order chi connectivity index (χ1) is 20.2. The molecule has 0 spiro atoms. The third-order valence-corrected chi connectivity index (χ3v) is 8.67. The fourth-order valence-corrected chi connectivity index (χ4v) is 6.07. The topological polar surface area (TPSA) is 88.2 Å². The maximum Gasteiger partial charge on any atom is 0.408 e. The Morgan fingerprint density at radius 1 is 0.857 bits per heavy atom. The molecule has 2 amide bonds. The minimum Gasteiger partial charge on any atom is -0.465 e. The van der Waals surface area contributed by atoms with Crippen LogP contribution in [-0.2, 0) is 14.3 Å². The van der Waals surface area contributed by atoms with Crippen LogP contribution in [0.2, 0.25) is 0 Å². The summed E-state index contributed by atoms with van der Waals surface area (Å²) in [4.78, 5) is 43.0. The van der Waals surface area contributed by atoms with E-state index in [2.05, 4.69) is 58.7 Å². The number of benzene rings is 3. The predicted molar refractivity (Wildman–Crippen MR) is 165 cm³/mol. The van der Waals surface area contributed by atoms with E-state index in [1.54, 1.807) is 37.8 Å². The molecule has 42 heavy (non-hydrogen) atoms. The van der Waals surface area contributed by atoms with Gasteiger partial charge in [-0.25, -0.2) is 9.59 Å². The molecular formula is C33H39N3O5S. The van der Waals surface area contributed by atoms with Crippen molar-refractivity contribution < 1.29 is 23.9 Å². The molecule has 1 fully saturated rings. The van der Waals surface area contributed by atoms with Gasteiger partial charge in [-0.1, -0.05) is 72.8 Å². The second kappa shape index (κ2) is 14.4. The van der Waals surface area contributed by atoms with Crippen molar-refractivity contribution >= 4 is 29.7 Å². The van der Waals surface area contributed by atoms with E-state index < -0.39 is 23.7 Å². The highest BCUT2D eigenvalue weighted by atomic mass is 32.2. The summed E-state index contributed by atoms with van der Waals surface area (Å²) < 4.78 is 10.5. The molecule has 3 aromatic carbocycles. The first-order valence-corrected chi connectivity index (χ1v) is 15.1. The minimum atomic E-state index is -0.851. The van der Waals surface area contributed by atoms with Crippen LogP contribution in [0.4, 0.5) is 4.79 Å². The van der Waals surface area contributed by atoms with Crippen molar-refractivity contribution in [2.45, 2.75) is 43.4 Å². The Morgan fingerprint density at radius 2 is 1.40 bits per heavy atom. The zero-order valence-electron chi connectivity index (χ0n) is 24.6. The van der Waals surface area contributed by atoms with Gasteiger partial charge in [0.1, 0.15) is 11.6 Å². The predicted octanol–water partition coefficient (Wildman–Crippen LogP) is 5.39. The van der Waals surface area contributed by atoms with Gasteiger partial charge in [-0.15, -0.1) is 11.8 Å². The fourth-order valence-electron chi connectivity index (χ4n) is 5.03. The number of amides is 2. The van der Waals surface area contributed by atoms with Crippen LogP contribution < -0.4 is 5.32 Å². The van der Waals surface area contributed by atoms with Gasteiger partial charge in [0.15, 0.2) is 0 Å². The number of ether oxygens (including phenoxy) is 2. The van der Waals surface area contributed by atoms with Gasteiger partial charge in [0.05, 0.1) is 18.7 Å². The van der Waals surface area contributed by atoms with Crippen LogP contribution in [-0.4, -0.2) is 78.5 Å². The van der Waals surface area contributed by atoms with Gasteiger partial charge in [-0.3, -0.25) is 9.69 Å². The molecule has 9 heteroatoms. The van der Waals surface area contributed by atoms with Crippen molar-refractivity contribution in [3.8, 4) is 0 Å². The van der Waals surface area contributed by atoms with Crippen LogP contribution in [0, 0.1) is 0 Å². The number of alkyl carbamates (subject to hydrolysis) is 1. The molecule has 1 aliphatic heterocycles. The van der Waals surface area contributed by atoms with Gasteiger partial charge in [0.2, 0.25) is 5.91 Å². The molecule has 3 aromatic rings. The molecule has 0 aromatic heterocycles. The largest absolute Gasteiger partial charge is 0.465 e. The van der Waals surface area contributed by atoms with Crippen molar-refractivity contribution in [2.24, 2.45) is 0 Å². The van der Waals surface area contributed by atoms with E-state index in [1.807, 2.05) is 24.3 Å². The summed E-state index contributed by atoms with van der Waals surface area (Å²) in [5, 5.41) is 2.71. The number of hydrogen-bond donors (Lipinski definition) is 1. The molecule has 1 heterocycles. The molecule has 0 saturated carbocycles. The fraction of sp³-hybridized carbons (Fsp3) is 0.364. The van der Waals surface area contributed by atoms with E-state index in [1.165, 1.54) is 30.0 Å². The van der Waals surface area contributed by atoms with Gasteiger partial charge in [-0.05, 0) is 44.0 Å². The number of piperazine rings is 1. The molecule has 0 unspecified atom stereocenters. The van der Waals surface area contributed by atoms with Crippen LogP contribution in [0.5, 0.6) is 0 Å². The standard InChI is InChI=1S/C33H39N3O5S/c1-24(34-32(39)41-33(2,3)23-42-28-18-12-11-17-27(28)31(38)40-4)30(37)36-21-19-35(20-22-36)29(25-13-7-5-8-14-25)26-15-9-6-10-16-26/h5-18,24,29H,19-23H2,1-4H3,(H,34,39)/t24-/m1/s1. The number of rotatable bonds is 10. The van der Waals surface area contributed by atoms with E-state index >= 15 is 0 Å². The summed E-state index contributed by atoms with van der Waals surface area (Å²) in [7, 11) is 1.34. The Balaban J connectivity index is 1.29. The Morgan fingerprint density at radius 3 is 1.98 bits per heavy atom. The van der Waals surface area contributed by atoms with E-state index in [4.69, 9.17) is 9.47 Å². The number of nitrogens with zero attached hydrogens (tertiary/aromatic N) is 2. The quantitative estimate of drug-likeness (QED) is 0.251. The lowest BCUT2D eigenvalue weighted by molar-refractivity contribution is -0.135. The highest BCUT2D eigenvalue weighted by molar-refractivity contribution is 7.99. The lowest BCUT2D eigenvalue weighted by atomic mass is 9.96. The van der Waals surface area contributed by atoms with Crippen LogP contribution in [0.15, 0.2) is 89.8 Å². The van der Waals surface area contributed by atoms with E-state index in [9.17, 15) is 14.4 Å². The SMILES string of the molecule is COC(=O)c1ccccc1SCC(C)(C)OC(=O)N[C@H](C)C(=O)N1CCN(C(c2ccccc2)c2ccccc2)CC1. The molecule has 0 bridgehead atoms. The Hall–Kier alpha value is -3.82. The first-order valence-electron chi connectivity index (χ1n) is 14.1. The summed E-state index contributed by atoms with van der Waals surface area (Å²) in [5.74, 6) is -0.150. The molecule has 1 aliphatic rings. The van der Waals surface area contributed by atoms with Crippen molar-refractivity contribution in [1.29, 1.82) is 0 Å². The second-order valence-corrected chi connectivity index (χ2v) is 11.9. The van der Waals surface area contributed by atoms with Crippen LogP contribution >= 0.6 is 11.8 Å². The third-order valence-electron chi connectivity index (χ3n) is 7.16. The number of thioether (sulfide) groups is 1. The zero-order valence-corrected chi connectivity index (χ0v) is 25.4. The average molecular weight is 590 g/mol. The molecule has 1 atom stereocenters. The number of methoxy groups -OCH3 is 1. The Kier molecular flexibility index (Phi) is 10.7. The molecule has 4 rings (SSSR count). The number of carbonyl (C=O) groups excluding carboxylic acids is 3. The minimum absolute atomic E-state index is 0.106. The molecule has 0 radical (unpaired) electrons. The highest BCUT2D eigenvalue weighted by Gasteiger charge is 2.31. The van der Waals surface area contributed by atoms with E-state index in [-0.39, 0.29) is 11.9 Å². The Labute approximate surface area is 252 Å². The second-order valence-electron chi connectivity index (χ2n) is 10.9. The van der Waals surface area contributed by atoms with Crippen molar-refractivity contribution in [3.63, 3.8) is 0 Å². The van der Waals surface area contributed by atoms with Gasteiger partial charge >= 0.3 is 12.1 Å². The first kappa shape index (κ1) is 31.1. The summed E-state index contributed by atoms with van der Waals surface area (Å²) in [6.45, 7) is 7.84. The highest BCUT2D eigenvalue weighted by Crippen LogP contribution is 2.30. The Bertz CT molecular complexity index is 1300. The van der Waals surface area contributed by atoms with E-state index in [0.717, 1.165) is 4.90 Å². The monoisotopic (exact) mass is 589 g/mol. The van der Waals surface area contributed by atoms with Gasteiger partial charge in [0, 0.05) is 36.8 Å². The normalized spacial score (nSPS) is 14.7. The van der Waals surface area contributed by atoms with Crippen LogP contribution in [0.25, 0.3) is 0 Å². The van der Waals surface area contributed by atoms with Crippen molar-refractivity contribution in [3.05, 3.63) is 102 Å². The van der Waals surface area contributed by atoms with Gasteiger partial charge in [-0.2, -0.15) is 0 Å². The van der Waals surface area contributed by atoms with Gasteiger partial charge in [0.25, 0.3) is 0 Å². The number of hydrogen-bond acceptors (Lipinski definition) is 7. The molecule has 1 saturated heterocycles. The summed E-state index contributed by atoms with van der Waals surface area (Å²) in [5.41, 5.74) is 2.05. The lowest BCUT2D eigenvalue weighted by Gasteiger charge is -2.40. The summed E-state index contributed by atoms with van der Waals surface area (Å²) >= 11 is 1.40. The van der Waals surface area contributed by atoms with Crippen molar-refractivity contribution in [2.75, 3.05) is 39.0 Å². The van der Waals surface area contributed by atoms with Crippen LogP contribution in [0.1, 0.15) is 48.3 Å². The maximum absolute atomic E-state index is 13.2. The van der Waals surface area contributed by atoms with Gasteiger partial charge < -0.3 is 19.7 Å². The molecule has 1 N–H and O–H groups in total. The van der Waals surface area contributed by atoms with Crippen molar-refractivity contribution in [1.82, 2.24) is 15.1 Å². The molecule has 222 valence electrons. The van der Waals surface area contributed by atoms with E-state index in [0.29, 0.717) is 37.5 Å². The summed E-state index contributed by atoms with van der Waals surface area (Å²) in [6, 6.07) is 27.3. The zero-order chi connectivity index (χ0) is 30.1. The summed E-state index contributed by atoms with van der Waals surface area (Å²) in [6.07, 6.45) is -0.658. The lowest BCUT2D eigenvalue weighted by Crippen LogP contribution is -2.55.